The molecule has 0 saturated heterocycles. The van der Waals surface area contributed by atoms with E-state index in [2.05, 4.69) is 4.98 Å². The highest BCUT2D eigenvalue weighted by Crippen LogP contribution is 2.21. The van der Waals surface area contributed by atoms with E-state index in [1.807, 2.05) is 22.7 Å². The Kier molecular flexibility index (Phi) is 2.91. The van der Waals surface area contributed by atoms with Crippen molar-refractivity contribution in [3.8, 4) is 5.75 Å². The van der Waals surface area contributed by atoms with Crippen LogP contribution in [0.25, 0.3) is 5.52 Å². The van der Waals surface area contributed by atoms with E-state index in [0.717, 1.165) is 22.7 Å². The van der Waals surface area contributed by atoms with Crippen LogP contribution >= 0.6 is 0 Å². The molecule has 0 N–H and O–H groups in total. The van der Waals surface area contributed by atoms with E-state index in [4.69, 9.17) is 4.74 Å². The summed E-state index contributed by atoms with van der Waals surface area (Å²) in [6, 6.07) is 10.3. The van der Waals surface area contributed by atoms with Crippen molar-refractivity contribution in [2.75, 3.05) is 7.11 Å². The molecule has 0 atom stereocenters. The predicted molar refractivity (Wildman–Crippen MR) is 71.0 cm³/mol. The van der Waals surface area contributed by atoms with Crippen molar-refractivity contribution in [2.24, 2.45) is 0 Å². The third kappa shape index (κ3) is 2.17. The number of methoxy groups -OCH3 is 1. The highest BCUT2D eigenvalue weighted by molar-refractivity contribution is 5.59. The van der Waals surface area contributed by atoms with Crippen molar-refractivity contribution >= 4 is 5.52 Å². The number of pyridine rings is 1. The molecule has 3 rings (SSSR count). The number of rotatable bonds is 3. The van der Waals surface area contributed by atoms with Gasteiger partial charge in [0.25, 0.3) is 0 Å². The molecule has 0 fully saturated rings. The largest absolute Gasteiger partial charge is 0.494 e. The van der Waals surface area contributed by atoms with Crippen LogP contribution in [0.15, 0.2) is 48.8 Å². The fourth-order valence-corrected chi connectivity index (χ4v) is 2.14. The van der Waals surface area contributed by atoms with Gasteiger partial charge in [0.1, 0.15) is 22.9 Å². The number of aromatic nitrogens is 2. The number of hydrogen-bond donors (Lipinski definition) is 0. The minimum absolute atomic E-state index is 0.224. The van der Waals surface area contributed by atoms with E-state index in [9.17, 15) is 4.39 Å². The molecule has 0 saturated carbocycles. The van der Waals surface area contributed by atoms with E-state index in [-0.39, 0.29) is 5.82 Å². The van der Waals surface area contributed by atoms with Gasteiger partial charge in [-0.2, -0.15) is 0 Å². The quantitative estimate of drug-likeness (QED) is 0.720. The lowest BCUT2D eigenvalue weighted by Crippen LogP contribution is -1.97. The number of fused-ring (bicyclic) bond motifs is 1. The van der Waals surface area contributed by atoms with Gasteiger partial charge in [-0.15, -0.1) is 0 Å². The third-order valence-electron chi connectivity index (χ3n) is 3.10. The zero-order valence-electron chi connectivity index (χ0n) is 10.5. The third-order valence-corrected chi connectivity index (χ3v) is 3.10. The molecular weight excluding hydrogens is 243 g/mol. The summed E-state index contributed by atoms with van der Waals surface area (Å²) in [5.41, 5.74) is 1.96. The van der Waals surface area contributed by atoms with Crippen LogP contribution in [0.3, 0.4) is 0 Å². The van der Waals surface area contributed by atoms with E-state index in [1.165, 1.54) is 12.1 Å². The zero-order valence-corrected chi connectivity index (χ0v) is 10.5. The van der Waals surface area contributed by atoms with Crippen LogP contribution in [0.4, 0.5) is 4.39 Å². The van der Waals surface area contributed by atoms with Gasteiger partial charge in [-0.25, -0.2) is 9.37 Å². The molecule has 2 aromatic heterocycles. The van der Waals surface area contributed by atoms with Gasteiger partial charge < -0.3 is 9.14 Å². The Morgan fingerprint density at radius 1 is 1.21 bits per heavy atom. The Bertz CT molecular complexity index is 704. The predicted octanol–water partition coefficient (Wildman–Crippen LogP) is 3.07. The molecule has 0 aliphatic carbocycles. The van der Waals surface area contributed by atoms with Crippen LogP contribution in [-0.2, 0) is 6.42 Å². The lowest BCUT2D eigenvalue weighted by Gasteiger charge is -2.04. The molecule has 1 aromatic carbocycles. The summed E-state index contributed by atoms with van der Waals surface area (Å²) in [5, 5.41) is 0. The average Bonchev–Trinajstić information content (AvgIpc) is 2.84. The zero-order chi connectivity index (χ0) is 13.2. The summed E-state index contributed by atoms with van der Waals surface area (Å²) in [4.78, 5) is 4.41. The van der Waals surface area contributed by atoms with Crippen LogP contribution in [0.1, 0.15) is 11.4 Å². The number of nitrogens with zero attached hydrogens (tertiary/aromatic N) is 2. The molecule has 0 aliphatic rings. The first-order chi connectivity index (χ1) is 9.28. The number of benzene rings is 1. The summed E-state index contributed by atoms with van der Waals surface area (Å²) >= 11 is 0. The van der Waals surface area contributed by atoms with E-state index < -0.39 is 0 Å². The Morgan fingerprint density at radius 2 is 2.00 bits per heavy atom. The van der Waals surface area contributed by atoms with Crippen LogP contribution < -0.4 is 4.74 Å². The second kappa shape index (κ2) is 4.72. The molecular formula is C15H13FN2O. The highest BCUT2D eigenvalue weighted by atomic mass is 19.1. The maximum absolute atomic E-state index is 12.9. The number of hydrogen-bond acceptors (Lipinski definition) is 2. The minimum atomic E-state index is -0.224. The molecule has 3 nitrogen and oxygen atoms in total. The summed E-state index contributed by atoms with van der Waals surface area (Å²) in [5.74, 6) is 1.47. The van der Waals surface area contributed by atoms with Gasteiger partial charge in [-0.3, -0.25) is 0 Å². The normalized spacial score (nSPS) is 10.8. The van der Waals surface area contributed by atoms with E-state index in [0.29, 0.717) is 6.42 Å². The van der Waals surface area contributed by atoms with Crippen LogP contribution in [0.5, 0.6) is 5.75 Å². The fraction of sp³-hybridized carbons (Fsp3) is 0.133. The Balaban J connectivity index is 1.99. The second-order valence-electron chi connectivity index (χ2n) is 4.31. The Labute approximate surface area is 110 Å². The molecule has 0 radical (unpaired) electrons. The van der Waals surface area contributed by atoms with Gasteiger partial charge in [-0.1, -0.05) is 12.1 Å². The second-order valence-corrected chi connectivity index (χ2v) is 4.31. The minimum Gasteiger partial charge on any atom is -0.494 e. The summed E-state index contributed by atoms with van der Waals surface area (Å²) < 4.78 is 20.2. The van der Waals surface area contributed by atoms with Crippen LogP contribution in [0.2, 0.25) is 0 Å². The van der Waals surface area contributed by atoms with Gasteiger partial charge in [0, 0.05) is 12.6 Å². The summed E-state index contributed by atoms with van der Waals surface area (Å²) in [6.45, 7) is 0. The summed E-state index contributed by atoms with van der Waals surface area (Å²) in [7, 11) is 1.64. The molecule has 4 heteroatoms. The summed E-state index contributed by atoms with van der Waals surface area (Å²) in [6.07, 6.45) is 4.39. The molecule has 19 heavy (non-hydrogen) atoms. The van der Waals surface area contributed by atoms with Crippen molar-refractivity contribution in [3.05, 3.63) is 66.0 Å². The molecule has 2 heterocycles. The number of imidazole rings is 1. The molecule has 0 bridgehead atoms. The molecule has 96 valence electrons. The number of ether oxygens (including phenoxy) is 1. The average molecular weight is 256 g/mol. The highest BCUT2D eigenvalue weighted by Gasteiger charge is 2.08. The molecule has 3 aromatic rings. The van der Waals surface area contributed by atoms with Crippen LogP contribution in [-0.4, -0.2) is 16.5 Å². The Morgan fingerprint density at radius 3 is 2.74 bits per heavy atom. The van der Waals surface area contributed by atoms with Gasteiger partial charge in [0.2, 0.25) is 0 Å². The van der Waals surface area contributed by atoms with Crippen molar-refractivity contribution in [1.29, 1.82) is 0 Å². The van der Waals surface area contributed by atoms with Crippen molar-refractivity contribution in [2.45, 2.75) is 6.42 Å². The van der Waals surface area contributed by atoms with Crippen LogP contribution in [0, 0.1) is 5.82 Å². The van der Waals surface area contributed by atoms with Crippen molar-refractivity contribution in [1.82, 2.24) is 9.38 Å². The van der Waals surface area contributed by atoms with Crippen molar-refractivity contribution in [3.63, 3.8) is 0 Å². The van der Waals surface area contributed by atoms with Gasteiger partial charge in [0.05, 0.1) is 13.3 Å². The lowest BCUT2D eigenvalue weighted by molar-refractivity contribution is 0.418. The number of halogens is 1. The lowest BCUT2D eigenvalue weighted by atomic mass is 10.1. The molecule has 0 unspecified atom stereocenters. The van der Waals surface area contributed by atoms with Gasteiger partial charge in [0.15, 0.2) is 0 Å². The van der Waals surface area contributed by atoms with Gasteiger partial charge >= 0.3 is 0 Å². The van der Waals surface area contributed by atoms with Gasteiger partial charge in [-0.05, 0) is 29.8 Å². The molecule has 0 aliphatic heterocycles. The van der Waals surface area contributed by atoms with E-state index in [1.54, 1.807) is 25.4 Å². The molecule has 0 amide bonds. The van der Waals surface area contributed by atoms with E-state index >= 15 is 0 Å². The topological polar surface area (TPSA) is 26.5 Å². The smallest absolute Gasteiger partial charge is 0.144 e. The first-order valence-corrected chi connectivity index (χ1v) is 6.01. The Hall–Kier alpha value is -2.36. The maximum atomic E-state index is 12.9. The first kappa shape index (κ1) is 11.7. The fourth-order valence-electron chi connectivity index (χ4n) is 2.14. The molecule has 0 spiro atoms. The van der Waals surface area contributed by atoms with Crippen molar-refractivity contribution < 1.29 is 9.13 Å². The monoisotopic (exact) mass is 256 g/mol. The SMILES string of the molecule is COc1cccn2c(Cc3ccc(F)cc3)ncc12. The maximum Gasteiger partial charge on any atom is 0.144 e. The first-order valence-electron chi connectivity index (χ1n) is 6.01. The standard InChI is InChI=1S/C15H13FN2O/c1-19-14-3-2-8-18-13(14)10-17-15(18)9-11-4-6-12(16)7-5-11/h2-8,10H,9H2,1H3.